The molecule has 3 rings (SSSR count). The highest BCUT2D eigenvalue weighted by Gasteiger charge is 2.14. The fraction of sp³-hybridized carbons (Fsp3) is 0.0556. The van der Waals surface area contributed by atoms with Crippen LogP contribution in [0.4, 0.5) is 5.69 Å². The Morgan fingerprint density at radius 1 is 1.24 bits per heavy atom. The third-order valence-electron chi connectivity index (χ3n) is 3.34. The average molecular weight is 353 g/mol. The number of carbonyl (C=O) groups is 2. The van der Waals surface area contributed by atoms with Gasteiger partial charge in [0.25, 0.3) is 0 Å². The number of amides is 1. The summed E-state index contributed by atoms with van der Waals surface area (Å²) in [5, 5.41) is 8.65. The summed E-state index contributed by atoms with van der Waals surface area (Å²) in [6.07, 6.45) is 6.54. The first-order valence-electron chi connectivity index (χ1n) is 7.42. The number of benzene rings is 1. The molecule has 1 amide bonds. The predicted octanol–water partition coefficient (Wildman–Crippen LogP) is 3.37. The lowest BCUT2D eigenvalue weighted by molar-refractivity contribution is -0.111. The zero-order valence-corrected chi connectivity index (χ0v) is 14.2. The number of carbonyl (C=O) groups excluding carboxylic acids is 2. The third-order valence-corrected chi connectivity index (χ3v) is 4.24. The summed E-state index contributed by atoms with van der Waals surface area (Å²) in [7, 11) is 1.30. The van der Waals surface area contributed by atoms with Gasteiger partial charge in [-0.3, -0.25) is 4.79 Å². The first kappa shape index (κ1) is 16.7. The minimum atomic E-state index is -0.474. The van der Waals surface area contributed by atoms with Crippen molar-refractivity contribution in [1.29, 1.82) is 0 Å². The van der Waals surface area contributed by atoms with Crippen LogP contribution in [-0.2, 0) is 9.53 Å². The van der Waals surface area contributed by atoms with Gasteiger partial charge in [0.05, 0.1) is 24.7 Å². The first-order chi connectivity index (χ1) is 12.2. The van der Waals surface area contributed by atoms with Crippen LogP contribution in [0, 0.1) is 0 Å². The third kappa shape index (κ3) is 4.02. The van der Waals surface area contributed by atoms with Crippen molar-refractivity contribution in [3.63, 3.8) is 0 Å². The van der Waals surface area contributed by atoms with Crippen molar-refractivity contribution in [2.45, 2.75) is 0 Å². The van der Waals surface area contributed by atoms with Gasteiger partial charge in [-0.25, -0.2) is 9.48 Å². The van der Waals surface area contributed by atoms with Gasteiger partial charge in [0.15, 0.2) is 0 Å². The van der Waals surface area contributed by atoms with Gasteiger partial charge in [0.2, 0.25) is 5.91 Å². The summed E-state index contributed by atoms with van der Waals surface area (Å²) in [5.41, 5.74) is 2.16. The fourth-order valence-electron chi connectivity index (χ4n) is 2.15. The van der Waals surface area contributed by atoms with E-state index in [1.807, 2.05) is 36.5 Å². The SMILES string of the molecule is COC(=O)c1sccc1NC(=O)/C=C/c1cnn(-c2ccccc2)c1. The van der Waals surface area contributed by atoms with Gasteiger partial charge >= 0.3 is 5.97 Å². The van der Waals surface area contributed by atoms with E-state index in [0.29, 0.717) is 10.6 Å². The summed E-state index contributed by atoms with van der Waals surface area (Å²) >= 11 is 1.21. The van der Waals surface area contributed by atoms with Crippen molar-refractivity contribution >= 4 is 35.0 Å². The largest absolute Gasteiger partial charge is 0.465 e. The van der Waals surface area contributed by atoms with Gasteiger partial charge in [0, 0.05) is 17.8 Å². The minimum Gasteiger partial charge on any atom is -0.465 e. The van der Waals surface area contributed by atoms with E-state index in [0.717, 1.165) is 11.3 Å². The highest BCUT2D eigenvalue weighted by molar-refractivity contribution is 7.12. The normalized spacial score (nSPS) is 10.8. The minimum absolute atomic E-state index is 0.337. The van der Waals surface area contributed by atoms with Crippen LogP contribution in [0.5, 0.6) is 0 Å². The van der Waals surface area contributed by atoms with E-state index in [1.54, 1.807) is 28.4 Å². The summed E-state index contributed by atoms with van der Waals surface area (Å²) in [6, 6.07) is 11.3. The van der Waals surface area contributed by atoms with Gasteiger partial charge in [-0.05, 0) is 29.7 Å². The molecule has 0 saturated heterocycles. The molecule has 0 unspecified atom stereocenters. The lowest BCUT2D eigenvalue weighted by atomic mass is 10.3. The van der Waals surface area contributed by atoms with Gasteiger partial charge in [0.1, 0.15) is 4.88 Å². The number of methoxy groups -OCH3 is 1. The molecule has 0 radical (unpaired) electrons. The molecule has 0 aliphatic rings. The Morgan fingerprint density at radius 2 is 2.04 bits per heavy atom. The number of hydrogen-bond acceptors (Lipinski definition) is 5. The Morgan fingerprint density at radius 3 is 2.80 bits per heavy atom. The van der Waals surface area contributed by atoms with Crippen LogP contribution in [0.1, 0.15) is 15.2 Å². The van der Waals surface area contributed by atoms with Crippen LogP contribution in [0.3, 0.4) is 0 Å². The maximum absolute atomic E-state index is 12.1. The molecule has 0 bridgehead atoms. The number of aromatic nitrogens is 2. The summed E-state index contributed by atoms with van der Waals surface area (Å²) in [6.45, 7) is 0. The van der Waals surface area contributed by atoms with Crippen LogP contribution in [0.2, 0.25) is 0 Å². The molecule has 0 spiro atoms. The fourth-order valence-corrected chi connectivity index (χ4v) is 2.92. The van der Waals surface area contributed by atoms with Gasteiger partial charge in [-0.2, -0.15) is 5.10 Å². The molecule has 3 aromatic rings. The van der Waals surface area contributed by atoms with E-state index in [2.05, 4.69) is 15.2 Å². The number of esters is 1. The molecule has 0 aliphatic carbocycles. The number of anilines is 1. The molecular weight excluding hydrogens is 338 g/mol. The van der Waals surface area contributed by atoms with Crippen molar-refractivity contribution in [3.05, 3.63) is 70.7 Å². The molecule has 0 saturated carbocycles. The maximum Gasteiger partial charge on any atom is 0.350 e. The van der Waals surface area contributed by atoms with E-state index in [1.165, 1.54) is 24.5 Å². The predicted molar refractivity (Wildman–Crippen MR) is 96.9 cm³/mol. The molecule has 126 valence electrons. The standard InChI is InChI=1S/C18H15N3O3S/c1-24-18(23)17-15(9-10-25-17)20-16(22)8-7-13-11-19-21(12-13)14-5-3-2-4-6-14/h2-12H,1H3,(H,20,22)/b8-7+. The van der Waals surface area contributed by atoms with Crippen molar-refractivity contribution in [3.8, 4) is 5.69 Å². The molecule has 1 aromatic carbocycles. The Labute approximate surface area is 148 Å². The van der Waals surface area contributed by atoms with Crippen molar-refractivity contribution in [2.75, 3.05) is 12.4 Å². The zero-order valence-electron chi connectivity index (χ0n) is 13.4. The number of nitrogens with one attached hydrogen (secondary N) is 1. The van der Waals surface area contributed by atoms with E-state index in [4.69, 9.17) is 0 Å². The van der Waals surface area contributed by atoms with Gasteiger partial charge < -0.3 is 10.1 Å². The maximum atomic E-state index is 12.1. The van der Waals surface area contributed by atoms with Crippen LogP contribution in [0.25, 0.3) is 11.8 Å². The second kappa shape index (κ2) is 7.59. The van der Waals surface area contributed by atoms with E-state index in [9.17, 15) is 9.59 Å². The van der Waals surface area contributed by atoms with Crippen molar-refractivity contribution in [2.24, 2.45) is 0 Å². The smallest absolute Gasteiger partial charge is 0.350 e. The molecule has 25 heavy (non-hydrogen) atoms. The number of thiophene rings is 1. The Balaban J connectivity index is 1.67. The zero-order chi connectivity index (χ0) is 17.6. The first-order valence-corrected chi connectivity index (χ1v) is 8.30. The molecular formula is C18H15N3O3S. The molecule has 0 atom stereocenters. The molecule has 6 nitrogen and oxygen atoms in total. The summed E-state index contributed by atoms with van der Waals surface area (Å²) < 4.78 is 6.41. The van der Waals surface area contributed by atoms with Crippen molar-refractivity contribution in [1.82, 2.24) is 9.78 Å². The van der Waals surface area contributed by atoms with Gasteiger partial charge in [-0.15, -0.1) is 11.3 Å². The summed E-state index contributed by atoms with van der Waals surface area (Å²) in [5.74, 6) is -0.811. The molecule has 7 heteroatoms. The van der Waals surface area contributed by atoms with Crippen LogP contribution < -0.4 is 5.32 Å². The highest BCUT2D eigenvalue weighted by Crippen LogP contribution is 2.23. The number of nitrogens with zero attached hydrogens (tertiary/aromatic N) is 2. The number of ether oxygens (including phenoxy) is 1. The average Bonchev–Trinajstić information content (AvgIpc) is 3.29. The quantitative estimate of drug-likeness (QED) is 0.564. The number of para-hydroxylation sites is 1. The topological polar surface area (TPSA) is 73.2 Å². The van der Waals surface area contributed by atoms with Gasteiger partial charge in [-0.1, -0.05) is 18.2 Å². The molecule has 1 N–H and O–H groups in total. The molecule has 0 fully saturated rings. The lowest BCUT2D eigenvalue weighted by Crippen LogP contribution is -2.10. The lowest BCUT2D eigenvalue weighted by Gasteiger charge is -2.02. The Hall–Kier alpha value is -3.19. The molecule has 2 heterocycles. The number of hydrogen-bond donors (Lipinski definition) is 1. The highest BCUT2D eigenvalue weighted by atomic mass is 32.1. The molecule has 0 aliphatic heterocycles. The summed E-state index contributed by atoms with van der Waals surface area (Å²) in [4.78, 5) is 24.0. The monoisotopic (exact) mass is 353 g/mol. The van der Waals surface area contributed by atoms with Crippen LogP contribution in [-0.4, -0.2) is 28.8 Å². The van der Waals surface area contributed by atoms with E-state index < -0.39 is 5.97 Å². The number of rotatable bonds is 5. The van der Waals surface area contributed by atoms with Crippen LogP contribution in [0.15, 0.2) is 60.2 Å². The molecule has 2 aromatic heterocycles. The second-order valence-corrected chi connectivity index (χ2v) is 5.95. The second-order valence-electron chi connectivity index (χ2n) is 5.03. The van der Waals surface area contributed by atoms with Crippen molar-refractivity contribution < 1.29 is 14.3 Å². The van der Waals surface area contributed by atoms with Crippen LogP contribution >= 0.6 is 11.3 Å². The Kier molecular flexibility index (Phi) is 5.06. The Bertz CT molecular complexity index is 913. The van der Waals surface area contributed by atoms with E-state index in [-0.39, 0.29) is 5.91 Å². The van der Waals surface area contributed by atoms with E-state index >= 15 is 0 Å².